The van der Waals surface area contributed by atoms with Gasteiger partial charge >= 0.3 is 0 Å². The molecule has 0 aliphatic carbocycles. The van der Waals surface area contributed by atoms with Crippen molar-refractivity contribution in [1.82, 2.24) is 5.06 Å². The fourth-order valence-electron chi connectivity index (χ4n) is 5.25. The number of rotatable bonds is 11. The Morgan fingerprint density at radius 1 is 0.889 bits per heavy atom. The molecule has 0 bridgehead atoms. The molecule has 27 heavy (non-hydrogen) atoms. The van der Waals surface area contributed by atoms with Gasteiger partial charge in [0.05, 0.1) is 18.2 Å². The number of nitrogens with zero attached hydrogens (tertiary/aromatic N) is 1. The zero-order chi connectivity index (χ0) is 20.0. The van der Waals surface area contributed by atoms with Gasteiger partial charge in [0.15, 0.2) is 5.79 Å². The SMILES string of the molecule is CCCCCCCCCCC1COC2(CC(C)(C)N([O])C(CC)(CC)C2)O1. The van der Waals surface area contributed by atoms with Gasteiger partial charge in [-0.1, -0.05) is 72.1 Å². The Hall–Kier alpha value is -0.160. The molecule has 4 nitrogen and oxygen atoms in total. The molecule has 0 aromatic carbocycles. The van der Waals surface area contributed by atoms with E-state index in [-0.39, 0.29) is 11.6 Å². The average molecular weight is 383 g/mol. The summed E-state index contributed by atoms with van der Waals surface area (Å²) in [5.41, 5.74) is -0.813. The molecule has 2 rings (SSSR count). The van der Waals surface area contributed by atoms with Gasteiger partial charge in [0, 0.05) is 18.4 Å². The Morgan fingerprint density at radius 3 is 2.07 bits per heavy atom. The molecular formula is C23H44NO3. The van der Waals surface area contributed by atoms with Crippen LogP contribution < -0.4 is 0 Å². The van der Waals surface area contributed by atoms with Crippen molar-refractivity contribution in [3.8, 4) is 0 Å². The van der Waals surface area contributed by atoms with Crippen molar-refractivity contribution in [2.45, 2.75) is 141 Å². The molecule has 2 unspecified atom stereocenters. The predicted molar refractivity (Wildman–Crippen MR) is 110 cm³/mol. The minimum atomic E-state index is -0.554. The third-order valence-corrected chi connectivity index (χ3v) is 6.89. The Balaban J connectivity index is 1.80. The highest BCUT2D eigenvalue weighted by Gasteiger charge is 2.59. The fourth-order valence-corrected chi connectivity index (χ4v) is 5.25. The smallest absolute Gasteiger partial charge is 0.172 e. The third-order valence-electron chi connectivity index (χ3n) is 6.89. The summed E-state index contributed by atoms with van der Waals surface area (Å²) in [7, 11) is 0. The minimum absolute atomic E-state index is 0.200. The first-order valence-corrected chi connectivity index (χ1v) is 11.6. The highest BCUT2D eigenvalue weighted by molar-refractivity contribution is 5.05. The van der Waals surface area contributed by atoms with Crippen LogP contribution in [0.15, 0.2) is 0 Å². The van der Waals surface area contributed by atoms with Crippen LogP contribution in [0.5, 0.6) is 0 Å². The van der Waals surface area contributed by atoms with Gasteiger partial charge in [-0.3, -0.25) is 0 Å². The largest absolute Gasteiger partial charge is 0.347 e. The quantitative estimate of drug-likeness (QED) is 0.388. The Morgan fingerprint density at radius 2 is 1.48 bits per heavy atom. The fraction of sp³-hybridized carbons (Fsp3) is 1.00. The molecule has 1 spiro atoms. The van der Waals surface area contributed by atoms with Crippen molar-refractivity contribution >= 4 is 0 Å². The molecule has 0 aromatic rings. The lowest BCUT2D eigenvalue weighted by Crippen LogP contribution is -2.65. The Bertz CT molecular complexity index is 435. The van der Waals surface area contributed by atoms with Gasteiger partial charge in [0.1, 0.15) is 0 Å². The zero-order valence-corrected chi connectivity index (χ0v) is 18.6. The highest BCUT2D eigenvalue weighted by Crippen LogP contribution is 2.50. The lowest BCUT2D eigenvalue weighted by molar-refractivity contribution is -0.352. The number of unbranched alkanes of at least 4 members (excludes halogenated alkanes) is 7. The second kappa shape index (κ2) is 10.0. The maximum atomic E-state index is 13.0. The highest BCUT2D eigenvalue weighted by atomic mass is 16.7. The van der Waals surface area contributed by atoms with Gasteiger partial charge in [0.25, 0.3) is 0 Å². The standard InChI is InChI=1S/C23H44NO3/c1-6-9-10-11-12-13-14-15-16-20-17-26-23(27-20)18-21(4,5)24(25)22(7-2,8-3)19-23/h20H,6-19H2,1-5H3. The van der Waals surface area contributed by atoms with Crippen molar-refractivity contribution in [1.29, 1.82) is 0 Å². The minimum Gasteiger partial charge on any atom is -0.347 e. The molecule has 0 saturated carbocycles. The molecule has 159 valence electrons. The second-order valence-electron chi connectivity index (χ2n) is 9.62. The molecule has 4 heteroatoms. The van der Waals surface area contributed by atoms with Gasteiger partial charge in [0.2, 0.25) is 0 Å². The van der Waals surface area contributed by atoms with Crippen LogP contribution in [-0.2, 0) is 14.7 Å². The van der Waals surface area contributed by atoms with E-state index in [0.29, 0.717) is 19.4 Å². The van der Waals surface area contributed by atoms with E-state index in [0.717, 1.165) is 19.3 Å². The van der Waals surface area contributed by atoms with Crippen molar-refractivity contribution < 1.29 is 14.7 Å². The zero-order valence-electron chi connectivity index (χ0n) is 18.6. The van der Waals surface area contributed by atoms with Gasteiger partial charge < -0.3 is 9.47 Å². The first-order valence-electron chi connectivity index (χ1n) is 11.6. The molecule has 0 N–H and O–H groups in total. The molecule has 1 radical (unpaired) electrons. The van der Waals surface area contributed by atoms with Gasteiger partial charge in [-0.25, -0.2) is 0 Å². The number of piperidine rings is 1. The summed E-state index contributed by atoms with van der Waals surface area (Å²) in [6, 6.07) is 0. The monoisotopic (exact) mass is 382 g/mol. The lowest BCUT2D eigenvalue weighted by atomic mass is 9.73. The average Bonchev–Trinajstić information content (AvgIpc) is 3.02. The van der Waals surface area contributed by atoms with Crippen LogP contribution in [0.1, 0.15) is 118 Å². The molecule has 2 saturated heterocycles. The van der Waals surface area contributed by atoms with Crippen LogP contribution in [0.3, 0.4) is 0 Å². The second-order valence-corrected chi connectivity index (χ2v) is 9.62. The summed E-state index contributed by atoms with van der Waals surface area (Å²) in [6.45, 7) is 11.3. The molecule has 2 aliphatic rings. The van der Waals surface area contributed by atoms with E-state index in [1.54, 1.807) is 0 Å². The summed E-state index contributed by atoms with van der Waals surface area (Å²) < 4.78 is 12.8. The summed E-state index contributed by atoms with van der Waals surface area (Å²) in [5.74, 6) is -0.554. The molecule has 2 atom stereocenters. The van der Waals surface area contributed by atoms with E-state index in [9.17, 15) is 5.21 Å². The van der Waals surface area contributed by atoms with Crippen molar-refractivity contribution in [3.05, 3.63) is 0 Å². The number of hydroxylamine groups is 2. The molecule has 2 heterocycles. The first-order chi connectivity index (χ1) is 12.8. The first kappa shape index (κ1) is 23.1. The normalized spacial score (nSPS) is 30.2. The molecular weight excluding hydrogens is 338 g/mol. The van der Waals surface area contributed by atoms with Crippen LogP contribution >= 0.6 is 0 Å². The van der Waals surface area contributed by atoms with E-state index < -0.39 is 11.3 Å². The van der Waals surface area contributed by atoms with Gasteiger partial charge in [-0.05, 0) is 33.1 Å². The van der Waals surface area contributed by atoms with Crippen LogP contribution in [0.2, 0.25) is 0 Å². The topological polar surface area (TPSA) is 41.6 Å². The Labute approximate surface area is 167 Å². The molecule has 0 aromatic heterocycles. The van der Waals surface area contributed by atoms with Crippen molar-refractivity contribution in [2.75, 3.05) is 6.61 Å². The molecule has 2 aliphatic heterocycles. The number of hydrogen-bond donors (Lipinski definition) is 0. The third kappa shape index (κ3) is 5.68. The summed E-state index contributed by atoms with van der Waals surface area (Å²) in [5, 5.41) is 14.3. The van der Waals surface area contributed by atoms with Gasteiger partial charge in [-0.15, -0.1) is 10.3 Å². The van der Waals surface area contributed by atoms with E-state index >= 15 is 0 Å². The number of hydrogen-bond acceptors (Lipinski definition) is 3. The number of ether oxygens (including phenoxy) is 2. The van der Waals surface area contributed by atoms with Crippen LogP contribution in [0.4, 0.5) is 0 Å². The van der Waals surface area contributed by atoms with Crippen LogP contribution in [0.25, 0.3) is 0 Å². The summed E-state index contributed by atoms with van der Waals surface area (Å²) >= 11 is 0. The lowest BCUT2D eigenvalue weighted by Gasteiger charge is -2.55. The van der Waals surface area contributed by atoms with Crippen molar-refractivity contribution in [2.24, 2.45) is 0 Å². The van der Waals surface area contributed by atoms with E-state index in [2.05, 4.69) is 20.8 Å². The van der Waals surface area contributed by atoms with Crippen LogP contribution in [0, 0.1) is 0 Å². The summed E-state index contributed by atoms with van der Waals surface area (Å²) in [6.07, 6.45) is 15.0. The van der Waals surface area contributed by atoms with E-state index in [4.69, 9.17) is 9.47 Å². The maximum Gasteiger partial charge on any atom is 0.172 e. The molecule has 0 amide bonds. The van der Waals surface area contributed by atoms with Gasteiger partial charge in [-0.2, -0.15) is 0 Å². The Kier molecular flexibility index (Phi) is 8.60. The predicted octanol–water partition coefficient (Wildman–Crippen LogP) is 6.41. The van der Waals surface area contributed by atoms with E-state index in [1.807, 2.05) is 13.8 Å². The van der Waals surface area contributed by atoms with E-state index in [1.165, 1.54) is 56.4 Å². The summed E-state index contributed by atoms with van der Waals surface area (Å²) in [4.78, 5) is 0. The molecule has 2 fully saturated rings. The maximum absolute atomic E-state index is 13.0. The van der Waals surface area contributed by atoms with Crippen LogP contribution in [-0.4, -0.2) is 34.6 Å². The van der Waals surface area contributed by atoms with Crippen molar-refractivity contribution in [3.63, 3.8) is 0 Å².